The highest BCUT2D eigenvalue weighted by Gasteiger charge is 2.58. The van der Waals surface area contributed by atoms with Crippen LogP contribution in [0.3, 0.4) is 0 Å². The number of aryl methyl sites for hydroxylation is 2. The topological polar surface area (TPSA) is 95.9 Å². The van der Waals surface area contributed by atoms with Gasteiger partial charge in [0.25, 0.3) is 0 Å². The van der Waals surface area contributed by atoms with E-state index in [1.807, 2.05) is 58.0 Å². The average Bonchev–Trinajstić information content (AvgIpc) is 3.04. The van der Waals surface area contributed by atoms with Gasteiger partial charge in [0.2, 0.25) is 11.8 Å². The standard InChI is InChI=1S/C25H34N2O5/c1-6-17(13-28)27-22(23(29)26-21-15(4)9-8-10-16(21)5)18-12-11-14(3)19(20(18)24(27)30)25(31)32-7-2/h8-12,14,17-20,22,28H,6-7,13H2,1-5H3,(H,26,29)/t14-,17+,18+,19-,20-,22+/m1/s1. The molecule has 0 spiro atoms. The molecule has 0 saturated carbocycles. The second-order valence-electron chi connectivity index (χ2n) is 8.82. The molecule has 2 amide bonds. The number of nitrogens with zero attached hydrogens (tertiary/aromatic N) is 1. The van der Waals surface area contributed by atoms with Crippen LogP contribution in [-0.2, 0) is 19.1 Å². The van der Waals surface area contributed by atoms with E-state index in [0.29, 0.717) is 6.42 Å². The Hall–Kier alpha value is -2.67. The smallest absolute Gasteiger partial charge is 0.310 e. The Labute approximate surface area is 189 Å². The molecule has 2 aliphatic rings. The van der Waals surface area contributed by atoms with Crippen LogP contribution in [0.25, 0.3) is 0 Å². The van der Waals surface area contributed by atoms with Crippen molar-refractivity contribution in [2.24, 2.45) is 23.7 Å². The fourth-order valence-corrected chi connectivity index (χ4v) is 5.15. The second-order valence-corrected chi connectivity index (χ2v) is 8.82. The molecule has 0 radical (unpaired) electrons. The zero-order chi connectivity index (χ0) is 23.6. The van der Waals surface area contributed by atoms with Crippen LogP contribution in [0.15, 0.2) is 30.4 Å². The molecule has 0 aromatic heterocycles. The number of benzene rings is 1. The van der Waals surface area contributed by atoms with Gasteiger partial charge in [0.15, 0.2) is 0 Å². The zero-order valence-corrected chi connectivity index (χ0v) is 19.5. The normalized spacial score (nSPS) is 27.8. The van der Waals surface area contributed by atoms with E-state index in [-0.39, 0.29) is 30.9 Å². The molecule has 1 aromatic rings. The van der Waals surface area contributed by atoms with Crippen LogP contribution in [0, 0.1) is 37.5 Å². The van der Waals surface area contributed by atoms with E-state index in [4.69, 9.17) is 4.74 Å². The number of fused-ring (bicyclic) bond motifs is 1. The monoisotopic (exact) mass is 442 g/mol. The SMILES string of the molecule is CCOC(=O)[C@H]1[C@@H]2C(=O)N([C@@H](CC)CO)[C@H](C(=O)Nc3c(C)cccc3C)[C@H]2C=C[C@H]1C. The molecule has 1 aliphatic carbocycles. The lowest BCUT2D eigenvalue weighted by Crippen LogP contribution is -2.50. The molecule has 0 unspecified atom stereocenters. The number of nitrogens with one attached hydrogen (secondary N) is 1. The first-order valence-electron chi connectivity index (χ1n) is 11.4. The lowest BCUT2D eigenvalue weighted by Gasteiger charge is -2.33. The Kier molecular flexibility index (Phi) is 7.39. The van der Waals surface area contributed by atoms with E-state index < -0.39 is 35.8 Å². The van der Waals surface area contributed by atoms with Crippen molar-refractivity contribution in [3.63, 3.8) is 0 Å². The highest BCUT2D eigenvalue weighted by Crippen LogP contribution is 2.45. The number of aliphatic hydroxyl groups excluding tert-OH is 1. The van der Waals surface area contributed by atoms with Crippen molar-refractivity contribution in [1.29, 1.82) is 0 Å². The molecule has 0 bridgehead atoms. The fraction of sp³-hybridized carbons (Fsp3) is 0.560. The first-order chi connectivity index (χ1) is 15.3. The maximum atomic E-state index is 13.7. The number of amides is 2. The number of hydrogen-bond acceptors (Lipinski definition) is 5. The summed E-state index contributed by atoms with van der Waals surface area (Å²) in [6.07, 6.45) is 4.29. The molecule has 7 heteroatoms. The summed E-state index contributed by atoms with van der Waals surface area (Å²) in [6, 6.07) is 4.45. The van der Waals surface area contributed by atoms with Crippen LogP contribution < -0.4 is 5.32 Å². The van der Waals surface area contributed by atoms with Gasteiger partial charge in [-0.2, -0.15) is 0 Å². The third-order valence-corrected chi connectivity index (χ3v) is 6.84. The molecule has 1 aliphatic heterocycles. The number of carbonyl (C=O) groups is 3. The van der Waals surface area contributed by atoms with Crippen LogP contribution in [0.5, 0.6) is 0 Å². The molecule has 6 atom stereocenters. The van der Waals surface area contributed by atoms with Crippen LogP contribution in [0.2, 0.25) is 0 Å². The molecule has 7 nitrogen and oxygen atoms in total. The quantitative estimate of drug-likeness (QED) is 0.500. The summed E-state index contributed by atoms with van der Waals surface area (Å²) in [4.78, 5) is 41.6. The van der Waals surface area contributed by atoms with Crippen molar-refractivity contribution in [2.75, 3.05) is 18.5 Å². The third kappa shape index (κ3) is 4.18. The molecule has 3 rings (SSSR count). The number of anilines is 1. The Morgan fingerprint density at radius 3 is 2.41 bits per heavy atom. The fourth-order valence-electron chi connectivity index (χ4n) is 5.15. The van der Waals surface area contributed by atoms with E-state index in [0.717, 1.165) is 16.8 Å². The summed E-state index contributed by atoms with van der Waals surface area (Å²) in [7, 11) is 0. The number of rotatable bonds is 7. The van der Waals surface area contributed by atoms with Gasteiger partial charge >= 0.3 is 5.97 Å². The Morgan fingerprint density at radius 1 is 1.19 bits per heavy atom. The summed E-state index contributed by atoms with van der Waals surface area (Å²) in [5.41, 5.74) is 2.58. The van der Waals surface area contributed by atoms with Gasteiger partial charge in [-0.05, 0) is 44.2 Å². The van der Waals surface area contributed by atoms with E-state index >= 15 is 0 Å². The maximum absolute atomic E-state index is 13.7. The number of hydrogen-bond donors (Lipinski definition) is 2. The number of likely N-dealkylation sites (tertiary alicyclic amines) is 1. The van der Waals surface area contributed by atoms with E-state index in [1.165, 1.54) is 4.90 Å². The van der Waals surface area contributed by atoms with Crippen molar-refractivity contribution >= 4 is 23.5 Å². The minimum atomic E-state index is -0.815. The molecule has 1 aromatic carbocycles. The Bertz CT molecular complexity index is 887. The number of ether oxygens (including phenoxy) is 1. The van der Waals surface area contributed by atoms with Gasteiger partial charge < -0.3 is 20.1 Å². The summed E-state index contributed by atoms with van der Waals surface area (Å²) < 4.78 is 5.29. The average molecular weight is 443 g/mol. The lowest BCUT2D eigenvalue weighted by molar-refractivity contribution is -0.155. The minimum absolute atomic E-state index is 0.185. The Balaban J connectivity index is 2.04. The lowest BCUT2D eigenvalue weighted by atomic mass is 9.70. The van der Waals surface area contributed by atoms with Crippen molar-refractivity contribution in [3.05, 3.63) is 41.5 Å². The van der Waals surface area contributed by atoms with Crippen LogP contribution >= 0.6 is 0 Å². The highest BCUT2D eigenvalue weighted by atomic mass is 16.5. The molecule has 1 fully saturated rings. The molecule has 2 N–H and O–H groups in total. The van der Waals surface area contributed by atoms with Gasteiger partial charge in [0.1, 0.15) is 6.04 Å². The third-order valence-electron chi connectivity index (χ3n) is 6.84. The number of para-hydroxylation sites is 1. The van der Waals surface area contributed by atoms with Gasteiger partial charge in [-0.15, -0.1) is 0 Å². The predicted molar refractivity (Wildman–Crippen MR) is 122 cm³/mol. The summed E-state index contributed by atoms with van der Waals surface area (Å²) in [5, 5.41) is 13.0. The molecular formula is C25H34N2O5. The number of aliphatic hydroxyl groups is 1. The van der Waals surface area contributed by atoms with Crippen LogP contribution in [0.1, 0.15) is 38.3 Å². The second kappa shape index (κ2) is 9.86. The van der Waals surface area contributed by atoms with Crippen molar-refractivity contribution < 1.29 is 24.2 Å². The molecule has 1 heterocycles. The summed E-state index contributed by atoms with van der Waals surface area (Å²) in [6.45, 7) is 9.32. The first kappa shape index (κ1) is 24.0. The molecular weight excluding hydrogens is 408 g/mol. The molecule has 174 valence electrons. The predicted octanol–water partition coefficient (Wildman–Crippen LogP) is 2.84. The van der Waals surface area contributed by atoms with Crippen molar-refractivity contribution in [3.8, 4) is 0 Å². The largest absolute Gasteiger partial charge is 0.466 e. The van der Waals surface area contributed by atoms with Gasteiger partial charge in [-0.1, -0.05) is 44.2 Å². The highest BCUT2D eigenvalue weighted by molar-refractivity contribution is 6.02. The zero-order valence-electron chi connectivity index (χ0n) is 19.5. The number of carbonyl (C=O) groups excluding carboxylic acids is 3. The van der Waals surface area contributed by atoms with E-state index in [2.05, 4.69) is 5.32 Å². The minimum Gasteiger partial charge on any atom is -0.466 e. The van der Waals surface area contributed by atoms with Gasteiger partial charge in [-0.25, -0.2) is 0 Å². The summed E-state index contributed by atoms with van der Waals surface area (Å²) >= 11 is 0. The first-order valence-corrected chi connectivity index (χ1v) is 11.4. The van der Waals surface area contributed by atoms with Crippen LogP contribution in [-0.4, -0.2) is 53.1 Å². The van der Waals surface area contributed by atoms with Gasteiger partial charge in [0.05, 0.1) is 31.1 Å². The molecule has 1 saturated heterocycles. The van der Waals surface area contributed by atoms with Gasteiger partial charge in [-0.3, -0.25) is 14.4 Å². The number of allylic oxidation sites excluding steroid dienone is 1. The van der Waals surface area contributed by atoms with E-state index in [9.17, 15) is 19.5 Å². The summed E-state index contributed by atoms with van der Waals surface area (Å²) in [5.74, 6) is -3.00. The number of esters is 1. The Morgan fingerprint density at radius 2 is 1.84 bits per heavy atom. The van der Waals surface area contributed by atoms with Gasteiger partial charge in [0, 0.05) is 11.6 Å². The van der Waals surface area contributed by atoms with Crippen molar-refractivity contribution in [1.82, 2.24) is 4.90 Å². The molecule has 32 heavy (non-hydrogen) atoms. The van der Waals surface area contributed by atoms with E-state index in [1.54, 1.807) is 6.92 Å². The van der Waals surface area contributed by atoms with Crippen LogP contribution in [0.4, 0.5) is 5.69 Å². The maximum Gasteiger partial charge on any atom is 0.310 e. The van der Waals surface area contributed by atoms with Crippen molar-refractivity contribution in [2.45, 2.75) is 53.1 Å².